The number of nitrogens with one attached hydrogen (secondary N) is 1. The van der Waals surface area contributed by atoms with Gasteiger partial charge in [0.25, 0.3) is 17.7 Å². The molecule has 1 aliphatic heterocycles. The molecule has 2 aromatic carbocycles. The van der Waals surface area contributed by atoms with Gasteiger partial charge in [-0.3, -0.25) is 14.4 Å². The number of halogens is 1. The fraction of sp³-hybridized carbons (Fsp3) is 0.238. The molecular formula is C21H19ClN2O5. The highest BCUT2D eigenvalue weighted by molar-refractivity contribution is 6.35. The van der Waals surface area contributed by atoms with Crippen molar-refractivity contribution >= 4 is 41.0 Å². The molecule has 7 nitrogen and oxygen atoms in total. The Morgan fingerprint density at radius 1 is 1.03 bits per heavy atom. The average Bonchev–Trinajstić information content (AvgIpc) is 2.95. The van der Waals surface area contributed by atoms with Crippen LogP contribution in [0.25, 0.3) is 0 Å². The minimum atomic E-state index is -0.752. The van der Waals surface area contributed by atoms with Gasteiger partial charge in [0, 0.05) is 11.6 Å². The number of hydrogen-bond donors (Lipinski definition) is 1. The smallest absolute Gasteiger partial charge is 0.338 e. The van der Waals surface area contributed by atoms with E-state index in [0.29, 0.717) is 17.3 Å². The molecule has 0 aromatic heterocycles. The number of ether oxygens (including phenoxy) is 1. The van der Waals surface area contributed by atoms with E-state index in [1.54, 1.807) is 24.3 Å². The Morgan fingerprint density at radius 3 is 2.34 bits per heavy atom. The maximum absolute atomic E-state index is 12.7. The normalized spacial score (nSPS) is 12.9. The third-order valence-electron chi connectivity index (χ3n) is 4.25. The SMILES string of the molecule is CC(C)CNC(=O)COC(=O)c1ccc2c(c1)C(=O)N(c1ccc(Cl)cc1)C2=O. The molecule has 2 aromatic rings. The highest BCUT2D eigenvalue weighted by atomic mass is 35.5. The van der Waals surface area contributed by atoms with Crippen molar-refractivity contribution in [3.63, 3.8) is 0 Å². The van der Waals surface area contributed by atoms with Crippen LogP contribution in [0.4, 0.5) is 5.69 Å². The van der Waals surface area contributed by atoms with Gasteiger partial charge in [-0.25, -0.2) is 9.69 Å². The summed E-state index contributed by atoms with van der Waals surface area (Å²) < 4.78 is 4.99. The van der Waals surface area contributed by atoms with Crippen LogP contribution < -0.4 is 10.2 Å². The van der Waals surface area contributed by atoms with Crippen molar-refractivity contribution in [1.82, 2.24) is 5.32 Å². The Hall–Kier alpha value is -3.19. The molecule has 3 rings (SSSR count). The van der Waals surface area contributed by atoms with Gasteiger partial charge in [-0.15, -0.1) is 0 Å². The number of esters is 1. The second kappa shape index (κ2) is 8.45. The standard InChI is InChI=1S/C21H19ClN2O5/c1-12(2)10-23-18(25)11-29-21(28)13-3-8-16-17(9-13)20(27)24(19(16)26)15-6-4-14(22)5-7-15/h3-9,12H,10-11H2,1-2H3,(H,23,25). The van der Waals surface area contributed by atoms with Gasteiger partial charge in [0.2, 0.25) is 0 Å². The number of fused-ring (bicyclic) bond motifs is 1. The first-order valence-electron chi connectivity index (χ1n) is 9.00. The minimum Gasteiger partial charge on any atom is -0.452 e. The monoisotopic (exact) mass is 414 g/mol. The predicted molar refractivity (Wildman–Crippen MR) is 107 cm³/mol. The summed E-state index contributed by atoms with van der Waals surface area (Å²) in [5.41, 5.74) is 0.755. The van der Waals surface area contributed by atoms with Crippen LogP contribution in [0.3, 0.4) is 0 Å². The second-order valence-corrected chi connectivity index (χ2v) is 7.39. The first-order chi connectivity index (χ1) is 13.8. The van der Waals surface area contributed by atoms with Gasteiger partial charge in [-0.05, 0) is 48.4 Å². The molecule has 0 unspecified atom stereocenters. The maximum Gasteiger partial charge on any atom is 0.338 e. The van der Waals surface area contributed by atoms with Gasteiger partial charge in [-0.2, -0.15) is 0 Å². The molecule has 1 heterocycles. The molecule has 0 atom stereocenters. The Bertz CT molecular complexity index is 985. The number of carbonyl (C=O) groups is 4. The van der Waals surface area contributed by atoms with Gasteiger partial charge in [0.1, 0.15) is 0 Å². The van der Waals surface area contributed by atoms with Gasteiger partial charge in [-0.1, -0.05) is 25.4 Å². The molecule has 0 fully saturated rings. The van der Waals surface area contributed by atoms with Crippen molar-refractivity contribution in [3.8, 4) is 0 Å². The Labute approximate surface area is 172 Å². The number of carbonyl (C=O) groups excluding carboxylic acids is 4. The summed E-state index contributed by atoms with van der Waals surface area (Å²) >= 11 is 5.85. The van der Waals surface area contributed by atoms with Gasteiger partial charge >= 0.3 is 5.97 Å². The zero-order chi connectivity index (χ0) is 21.1. The summed E-state index contributed by atoms with van der Waals surface area (Å²) in [6, 6.07) is 10.4. The molecule has 150 valence electrons. The third-order valence-corrected chi connectivity index (χ3v) is 4.50. The average molecular weight is 415 g/mol. The van der Waals surface area contributed by atoms with E-state index in [2.05, 4.69) is 5.32 Å². The number of nitrogens with zero attached hydrogens (tertiary/aromatic N) is 1. The van der Waals surface area contributed by atoms with Crippen LogP contribution >= 0.6 is 11.6 Å². The van der Waals surface area contributed by atoms with Crippen molar-refractivity contribution in [3.05, 3.63) is 64.2 Å². The third kappa shape index (κ3) is 4.46. The molecule has 0 saturated carbocycles. The molecule has 0 aliphatic carbocycles. The van der Waals surface area contributed by atoms with E-state index in [0.717, 1.165) is 4.90 Å². The van der Waals surface area contributed by atoms with Crippen molar-refractivity contribution in [2.24, 2.45) is 5.92 Å². The summed E-state index contributed by atoms with van der Waals surface area (Å²) in [5.74, 6) is -1.92. The molecule has 8 heteroatoms. The zero-order valence-corrected chi connectivity index (χ0v) is 16.7. The summed E-state index contributed by atoms with van der Waals surface area (Å²) in [7, 11) is 0. The van der Waals surface area contributed by atoms with Crippen LogP contribution in [-0.4, -0.2) is 36.8 Å². The Morgan fingerprint density at radius 2 is 1.69 bits per heavy atom. The number of rotatable bonds is 6. The van der Waals surface area contributed by atoms with Crippen LogP contribution in [0.2, 0.25) is 5.02 Å². The fourth-order valence-corrected chi connectivity index (χ4v) is 2.90. The molecule has 0 saturated heterocycles. The number of imide groups is 1. The number of amides is 3. The van der Waals surface area contributed by atoms with E-state index < -0.39 is 30.3 Å². The molecule has 0 radical (unpaired) electrons. The quantitative estimate of drug-likeness (QED) is 0.579. The van der Waals surface area contributed by atoms with Gasteiger partial charge in [0.15, 0.2) is 6.61 Å². The van der Waals surface area contributed by atoms with Crippen LogP contribution in [0, 0.1) is 5.92 Å². The molecule has 0 bridgehead atoms. The molecule has 0 spiro atoms. The maximum atomic E-state index is 12.7. The minimum absolute atomic E-state index is 0.0829. The lowest BCUT2D eigenvalue weighted by Gasteiger charge is -2.13. The molecule has 1 N–H and O–H groups in total. The summed E-state index contributed by atoms with van der Waals surface area (Å²) in [5, 5.41) is 3.12. The van der Waals surface area contributed by atoms with E-state index in [4.69, 9.17) is 16.3 Å². The first kappa shape index (κ1) is 20.5. The van der Waals surface area contributed by atoms with E-state index in [9.17, 15) is 19.2 Å². The molecular weight excluding hydrogens is 396 g/mol. The number of hydrogen-bond acceptors (Lipinski definition) is 5. The highest BCUT2D eigenvalue weighted by Crippen LogP contribution is 2.30. The first-order valence-corrected chi connectivity index (χ1v) is 9.38. The second-order valence-electron chi connectivity index (χ2n) is 6.96. The lowest BCUT2D eigenvalue weighted by Crippen LogP contribution is -2.31. The summed E-state index contributed by atoms with van der Waals surface area (Å²) in [6.07, 6.45) is 0. The molecule has 3 amide bonds. The van der Waals surface area contributed by atoms with Crippen molar-refractivity contribution in [2.75, 3.05) is 18.1 Å². The Kier molecular flexibility index (Phi) is 5.98. The topological polar surface area (TPSA) is 92.8 Å². The molecule has 29 heavy (non-hydrogen) atoms. The van der Waals surface area contributed by atoms with Crippen molar-refractivity contribution in [2.45, 2.75) is 13.8 Å². The lowest BCUT2D eigenvalue weighted by molar-refractivity contribution is -0.124. The predicted octanol–water partition coefficient (Wildman–Crippen LogP) is 3.07. The number of benzene rings is 2. The lowest BCUT2D eigenvalue weighted by atomic mass is 10.1. The molecule has 1 aliphatic rings. The van der Waals surface area contributed by atoms with Gasteiger partial charge in [0.05, 0.1) is 22.4 Å². The van der Waals surface area contributed by atoms with Gasteiger partial charge < -0.3 is 10.1 Å². The summed E-state index contributed by atoms with van der Waals surface area (Å²) in [6.45, 7) is 3.95. The van der Waals surface area contributed by atoms with E-state index >= 15 is 0 Å². The van der Waals surface area contributed by atoms with Crippen LogP contribution in [-0.2, 0) is 9.53 Å². The summed E-state index contributed by atoms with van der Waals surface area (Å²) in [4.78, 5) is 50.3. The number of anilines is 1. The fourth-order valence-electron chi connectivity index (χ4n) is 2.78. The van der Waals surface area contributed by atoms with E-state index in [-0.39, 0.29) is 22.6 Å². The van der Waals surface area contributed by atoms with Crippen LogP contribution in [0.1, 0.15) is 44.9 Å². The van der Waals surface area contributed by atoms with E-state index in [1.807, 2.05) is 13.8 Å². The highest BCUT2D eigenvalue weighted by Gasteiger charge is 2.37. The van der Waals surface area contributed by atoms with E-state index in [1.165, 1.54) is 18.2 Å². The zero-order valence-electron chi connectivity index (χ0n) is 15.9. The van der Waals surface area contributed by atoms with Crippen molar-refractivity contribution < 1.29 is 23.9 Å². The van der Waals surface area contributed by atoms with Crippen LogP contribution in [0.5, 0.6) is 0 Å². The van der Waals surface area contributed by atoms with Crippen molar-refractivity contribution in [1.29, 1.82) is 0 Å². The largest absolute Gasteiger partial charge is 0.452 e. The van der Waals surface area contributed by atoms with Crippen LogP contribution in [0.15, 0.2) is 42.5 Å². The Balaban J connectivity index is 1.73.